The first kappa shape index (κ1) is 22.0. The molecule has 2 aromatic carbocycles. The van der Waals surface area contributed by atoms with Gasteiger partial charge in [-0.3, -0.25) is 0 Å². The van der Waals surface area contributed by atoms with Crippen molar-refractivity contribution in [2.24, 2.45) is 5.73 Å². The molecular weight excluding hydrogens is 431 g/mol. The fourth-order valence-corrected chi connectivity index (χ4v) is 2.49. The summed E-state index contributed by atoms with van der Waals surface area (Å²) < 4.78 is 41.8. The lowest BCUT2D eigenvalue weighted by Gasteiger charge is -2.19. The second-order valence-corrected chi connectivity index (χ2v) is 6.09. The highest BCUT2D eigenvalue weighted by molar-refractivity contribution is 5.97. The molecule has 4 N–H and O–H groups in total. The number of benzene rings is 2. The molecule has 0 spiro atoms. The lowest BCUT2D eigenvalue weighted by Crippen LogP contribution is -2.51. The third-order valence-corrected chi connectivity index (χ3v) is 3.84. The first-order valence-electron chi connectivity index (χ1n) is 8.74. The standard InChI is InChI=1S/C19H14F3N7O3/c20-19(21,22)32-15-7-3-13(4-8-15)25-18(31)27-29(17(24)30)16-9-10-28(26-16)14-5-1-12(11-23)2-6-14/h1-10H,(H2,24,30)(H2,25,27,31). The predicted octanol–water partition coefficient (Wildman–Crippen LogP) is 3.26. The Bertz CT molecular complexity index is 1150. The van der Waals surface area contributed by atoms with E-state index in [0.717, 1.165) is 12.1 Å². The number of anilines is 2. The van der Waals surface area contributed by atoms with Crippen LogP contribution in [0, 0.1) is 11.3 Å². The molecule has 3 aromatic rings. The van der Waals surface area contributed by atoms with Gasteiger partial charge < -0.3 is 15.8 Å². The number of nitrogens with two attached hydrogens (primary N) is 1. The minimum atomic E-state index is -4.84. The summed E-state index contributed by atoms with van der Waals surface area (Å²) in [7, 11) is 0. The predicted molar refractivity (Wildman–Crippen MR) is 106 cm³/mol. The SMILES string of the molecule is N#Cc1ccc(-n2ccc(N(NC(=O)Nc3ccc(OC(F)(F)F)cc3)C(N)=O)n2)cc1. The van der Waals surface area contributed by atoms with Gasteiger partial charge in [-0.1, -0.05) is 0 Å². The molecule has 10 nitrogen and oxygen atoms in total. The lowest BCUT2D eigenvalue weighted by atomic mass is 10.2. The van der Waals surface area contributed by atoms with Crippen molar-refractivity contribution in [3.05, 3.63) is 66.4 Å². The number of hydrogen-bond donors (Lipinski definition) is 3. The van der Waals surface area contributed by atoms with Crippen LogP contribution < -0.4 is 26.2 Å². The zero-order valence-electron chi connectivity index (χ0n) is 16.0. The summed E-state index contributed by atoms with van der Waals surface area (Å²) in [5.74, 6) is -0.471. The molecule has 0 aliphatic heterocycles. The van der Waals surface area contributed by atoms with E-state index in [1.54, 1.807) is 24.3 Å². The van der Waals surface area contributed by atoms with Gasteiger partial charge in [0.2, 0.25) is 0 Å². The third kappa shape index (κ3) is 5.66. The lowest BCUT2D eigenvalue weighted by molar-refractivity contribution is -0.274. The maximum absolute atomic E-state index is 12.2. The number of nitrogens with zero attached hydrogens (tertiary/aromatic N) is 4. The van der Waals surface area contributed by atoms with Gasteiger partial charge in [-0.05, 0) is 48.5 Å². The molecule has 0 aliphatic carbocycles. The Morgan fingerprint density at radius 3 is 2.31 bits per heavy atom. The highest BCUT2D eigenvalue weighted by Crippen LogP contribution is 2.24. The summed E-state index contributed by atoms with van der Waals surface area (Å²) in [4.78, 5) is 24.0. The molecule has 164 valence electrons. The molecule has 13 heteroatoms. The van der Waals surface area contributed by atoms with E-state index < -0.39 is 24.2 Å². The Labute approximate surface area is 178 Å². The summed E-state index contributed by atoms with van der Waals surface area (Å²) >= 11 is 0. The van der Waals surface area contributed by atoms with Gasteiger partial charge in [0.25, 0.3) is 0 Å². The number of carbonyl (C=O) groups is 2. The van der Waals surface area contributed by atoms with Gasteiger partial charge in [0.05, 0.1) is 17.3 Å². The Kier molecular flexibility index (Phi) is 6.15. The first-order chi connectivity index (χ1) is 15.1. The van der Waals surface area contributed by atoms with Gasteiger partial charge in [-0.15, -0.1) is 18.3 Å². The van der Waals surface area contributed by atoms with Crippen LogP contribution in [0.1, 0.15) is 5.56 Å². The van der Waals surface area contributed by atoms with Crippen LogP contribution in [0.15, 0.2) is 60.8 Å². The molecule has 0 saturated heterocycles. The van der Waals surface area contributed by atoms with Crippen LogP contribution in [0.3, 0.4) is 0 Å². The molecular formula is C19H14F3N7O3. The highest BCUT2D eigenvalue weighted by Gasteiger charge is 2.31. The number of nitriles is 1. The van der Waals surface area contributed by atoms with Crippen molar-refractivity contribution in [3.8, 4) is 17.5 Å². The highest BCUT2D eigenvalue weighted by atomic mass is 19.4. The third-order valence-electron chi connectivity index (χ3n) is 3.84. The van der Waals surface area contributed by atoms with Crippen molar-refractivity contribution in [1.82, 2.24) is 15.2 Å². The van der Waals surface area contributed by atoms with Crippen LogP contribution in [-0.4, -0.2) is 28.2 Å². The number of alkyl halides is 3. The summed E-state index contributed by atoms with van der Waals surface area (Å²) in [5, 5.41) is 16.0. The van der Waals surface area contributed by atoms with E-state index in [-0.39, 0.29) is 11.5 Å². The quantitative estimate of drug-likeness (QED) is 0.529. The van der Waals surface area contributed by atoms with Crippen molar-refractivity contribution in [2.45, 2.75) is 6.36 Å². The van der Waals surface area contributed by atoms with E-state index >= 15 is 0 Å². The molecule has 0 unspecified atom stereocenters. The van der Waals surface area contributed by atoms with Crippen LogP contribution in [0.25, 0.3) is 5.69 Å². The molecule has 1 heterocycles. The number of primary amides is 1. The van der Waals surface area contributed by atoms with Gasteiger partial charge in [0.1, 0.15) is 5.75 Å². The van der Waals surface area contributed by atoms with Crippen LogP contribution in [-0.2, 0) is 0 Å². The van der Waals surface area contributed by atoms with Crippen molar-refractivity contribution in [3.63, 3.8) is 0 Å². The minimum Gasteiger partial charge on any atom is -0.406 e. The second-order valence-electron chi connectivity index (χ2n) is 6.09. The number of aromatic nitrogens is 2. The topological polar surface area (TPSA) is 138 Å². The van der Waals surface area contributed by atoms with Crippen LogP contribution in [0.5, 0.6) is 5.75 Å². The summed E-state index contributed by atoms with van der Waals surface area (Å²) in [6.07, 6.45) is -3.33. The molecule has 0 fully saturated rings. The van der Waals surface area contributed by atoms with Crippen LogP contribution in [0.2, 0.25) is 0 Å². The normalized spacial score (nSPS) is 10.7. The van der Waals surface area contributed by atoms with Gasteiger partial charge in [0, 0.05) is 18.0 Å². The summed E-state index contributed by atoms with van der Waals surface area (Å²) in [6.45, 7) is 0. The maximum atomic E-state index is 12.2. The molecule has 32 heavy (non-hydrogen) atoms. The van der Waals surface area contributed by atoms with E-state index in [9.17, 15) is 22.8 Å². The van der Waals surface area contributed by atoms with Crippen molar-refractivity contribution >= 4 is 23.6 Å². The van der Waals surface area contributed by atoms with Gasteiger partial charge >= 0.3 is 18.4 Å². The Morgan fingerprint density at radius 2 is 1.75 bits per heavy atom. The van der Waals surface area contributed by atoms with E-state index in [4.69, 9.17) is 11.0 Å². The van der Waals surface area contributed by atoms with E-state index in [1.165, 1.54) is 29.1 Å². The Morgan fingerprint density at radius 1 is 1.09 bits per heavy atom. The molecule has 0 atom stereocenters. The van der Waals surface area contributed by atoms with Crippen molar-refractivity contribution in [1.29, 1.82) is 5.26 Å². The molecule has 1 aromatic heterocycles. The maximum Gasteiger partial charge on any atom is 0.573 e. The fraction of sp³-hybridized carbons (Fsp3) is 0.0526. The molecule has 0 saturated carbocycles. The summed E-state index contributed by atoms with van der Waals surface area (Å²) in [5.41, 5.74) is 8.68. The van der Waals surface area contributed by atoms with Crippen molar-refractivity contribution < 1.29 is 27.5 Å². The number of hydrogen-bond acceptors (Lipinski definition) is 5. The number of rotatable bonds is 4. The number of nitrogens with one attached hydrogen (secondary N) is 2. The fourth-order valence-electron chi connectivity index (χ4n) is 2.49. The number of halogens is 3. The molecule has 0 aliphatic rings. The smallest absolute Gasteiger partial charge is 0.406 e. The second kappa shape index (κ2) is 8.96. The number of carbonyl (C=O) groups excluding carboxylic acids is 2. The van der Waals surface area contributed by atoms with Crippen LogP contribution in [0.4, 0.5) is 34.3 Å². The average Bonchev–Trinajstić information content (AvgIpc) is 3.22. The number of ether oxygens (including phenoxy) is 1. The largest absolute Gasteiger partial charge is 0.573 e. The van der Waals surface area contributed by atoms with Gasteiger partial charge in [-0.2, -0.15) is 10.3 Å². The van der Waals surface area contributed by atoms with E-state index in [2.05, 4.69) is 20.6 Å². The summed E-state index contributed by atoms with van der Waals surface area (Å²) in [6, 6.07) is 12.3. The Hall–Kier alpha value is -4.73. The first-order valence-corrected chi connectivity index (χ1v) is 8.74. The monoisotopic (exact) mass is 445 g/mol. The van der Waals surface area contributed by atoms with Crippen molar-refractivity contribution in [2.75, 3.05) is 10.3 Å². The molecule has 0 bridgehead atoms. The average molecular weight is 445 g/mol. The zero-order chi connectivity index (χ0) is 23.3. The number of hydrazine groups is 1. The molecule has 4 amide bonds. The van der Waals surface area contributed by atoms with E-state index in [0.29, 0.717) is 16.3 Å². The zero-order valence-corrected chi connectivity index (χ0v) is 16.0. The number of amides is 4. The van der Waals surface area contributed by atoms with Gasteiger partial charge in [0.15, 0.2) is 5.82 Å². The van der Waals surface area contributed by atoms with Crippen LogP contribution >= 0.6 is 0 Å². The molecule has 3 rings (SSSR count). The van der Waals surface area contributed by atoms with Gasteiger partial charge in [-0.25, -0.2) is 19.7 Å². The minimum absolute atomic E-state index is 0.00839. The molecule has 0 radical (unpaired) electrons. The van der Waals surface area contributed by atoms with E-state index in [1.807, 2.05) is 6.07 Å². The Balaban J connectivity index is 1.67. The number of urea groups is 2.